The maximum Gasteiger partial charge on any atom is 0.224 e. The third kappa shape index (κ3) is 2.00. The molecule has 0 saturated heterocycles. The Hall–Kier alpha value is -0.520. The van der Waals surface area contributed by atoms with Crippen molar-refractivity contribution in [1.29, 1.82) is 0 Å². The Morgan fingerprint density at radius 2 is 2.24 bits per heavy atom. The van der Waals surface area contributed by atoms with Gasteiger partial charge in [-0.1, -0.05) is 0 Å². The van der Waals surface area contributed by atoms with E-state index in [-0.39, 0.29) is 12.1 Å². The van der Waals surface area contributed by atoms with E-state index < -0.39 is 0 Å². The second-order valence-electron chi connectivity index (χ2n) is 4.63. The van der Waals surface area contributed by atoms with Crippen molar-refractivity contribution in [2.24, 2.45) is 0 Å². The molecule has 4 nitrogen and oxygen atoms in total. The Morgan fingerprint density at radius 3 is 2.88 bits per heavy atom. The van der Waals surface area contributed by atoms with Gasteiger partial charge in [0.15, 0.2) is 0 Å². The lowest BCUT2D eigenvalue weighted by Crippen LogP contribution is -2.48. The summed E-state index contributed by atoms with van der Waals surface area (Å²) >= 11 is 7.69. The first-order valence-corrected chi connectivity index (χ1v) is 7.17. The van der Waals surface area contributed by atoms with Crippen LogP contribution in [0.5, 0.6) is 0 Å². The molecule has 0 bridgehead atoms. The van der Waals surface area contributed by atoms with Crippen LogP contribution in [0, 0.1) is 0 Å². The molecule has 0 spiro atoms. The van der Waals surface area contributed by atoms with E-state index in [0.29, 0.717) is 5.28 Å². The zero-order valence-corrected chi connectivity index (χ0v) is 10.9. The first kappa shape index (κ1) is 11.6. The highest BCUT2D eigenvalue weighted by molar-refractivity contribution is 7.99. The molecule has 1 aliphatic heterocycles. The summed E-state index contributed by atoms with van der Waals surface area (Å²) in [4.78, 5) is 9.62. The summed E-state index contributed by atoms with van der Waals surface area (Å²) in [5.74, 6) is 1.83. The second kappa shape index (κ2) is 4.30. The monoisotopic (exact) mass is 271 g/mol. The van der Waals surface area contributed by atoms with Crippen molar-refractivity contribution in [2.45, 2.75) is 36.1 Å². The van der Waals surface area contributed by atoms with E-state index in [1.54, 1.807) is 11.8 Å². The van der Waals surface area contributed by atoms with Crippen molar-refractivity contribution in [3.05, 3.63) is 11.0 Å². The molecule has 0 amide bonds. The summed E-state index contributed by atoms with van der Waals surface area (Å²) in [5.41, 5.74) is 0.846. The standard InChI is InChI=1S/C11H14ClN3OS/c12-10-13-7-2-5-17-8(7)9(14-10)15-11(6-16)3-1-4-11/h16H,1-6H2,(H,13,14,15). The van der Waals surface area contributed by atoms with Crippen LogP contribution in [-0.2, 0) is 6.42 Å². The molecule has 17 heavy (non-hydrogen) atoms. The fourth-order valence-corrected chi connectivity index (χ4v) is 3.53. The molecule has 1 aromatic heterocycles. The number of nitrogens with one attached hydrogen (secondary N) is 1. The topological polar surface area (TPSA) is 58.0 Å². The lowest BCUT2D eigenvalue weighted by atomic mass is 9.77. The highest BCUT2D eigenvalue weighted by atomic mass is 35.5. The molecule has 1 saturated carbocycles. The van der Waals surface area contributed by atoms with Gasteiger partial charge in [0.05, 0.1) is 22.7 Å². The molecule has 0 atom stereocenters. The largest absolute Gasteiger partial charge is 0.394 e. The van der Waals surface area contributed by atoms with Crippen LogP contribution in [0.3, 0.4) is 0 Å². The minimum absolute atomic E-state index is 0.147. The molecule has 2 N–H and O–H groups in total. The first-order valence-electron chi connectivity index (χ1n) is 5.81. The van der Waals surface area contributed by atoms with Gasteiger partial charge < -0.3 is 10.4 Å². The molecular weight excluding hydrogens is 258 g/mol. The van der Waals surface area contributed by atoms with Gasteiger partial charge >= 0.3 is 0 Å². The highest BCUT2D eigenvalue weighted by Gasteiger charge is 2.37. The number of aromatic nitrogens is 2. The van der Waals surface area contributed by atoms with Crippen molar-refractivity contribution < 1.29 is 5.11 Å². The Bertz CT molecular complexity index is 445. The molecule has 0 unspecified atom stereocenters. The van der Waals surface area contributed by atoms with E-state index in [1.165, 1.54) is 0 Å². The zero-order valence-electron chi connectivity index (χ0n) is 9.37. The predicted octanol–water partition coefficient (Wildman–Crippen LogP) is 2.11. The zero-order chi connectivity index (χ0) is 11.9. The van der Waals surface area contributed by atoms with E-state index in [1.807, 2.05) is 0 Å². The third-order valence-corrected chi connectivity index (χ3v) is 4.79. The van der Waals surface area contributed by atoms with Gasteiger partial charge in [0.1, 0.15) is 5.82 Å². The van der Waals surface area contributed by atoms with Crippen LogP contribution in [0.15, 0.2) is 4.90 Å². The number of hydrogen-bond acceptors (Lipinski definition) is 5. The summed E-state index contributed by atoms with van der Waals surface area (Å²) in [6, 6.07) is 0. The molecule has 92 valence electrons. The maximum atomic E-state index is 9.47. The highest BCUT2D eigenvalue weighted by Crippen LogP contribution is 2.40. The van der Waals surface area contributed by atoms with Crippen LogP contribution in [0.25, 0.3) is 0 Å². The molecule has 1 aromatic rings. The average molecular weight is 272 g/mol. The van der Waals surface area contributed by atoms with Gasteiger partial charge in [-0.25, -0.2) is 4.98 Å². The summed E-state index contributed by atoms with van der Waals surface area (Å²) in [7, 11) is 0. The number of anilines is 1. The van der Waals surface area contributed by atoms with Crippen molar-refractivity contribution in [1.82, 2.24) is 9.97 Å². The number of nitrogens with zero attached hydrogens (tertiary/aromatic N) is 2. The number of thioether (sulfide) groups is 1. The van der Waals surface area contributed by atoms with Gasteiger partial charge in [-0.2, -0.15) is 4.98 Å². The van der Waals surface area contributed by atoms with Crippen molar-refractivity contribution in [3.8, 4) is 0 Å². The molecule has 0 aromatic carbocycles. The Labute approximate surface area is 109 Å². The van der Waals surface area contributed by atoms with Gasteiger partial charge in [0.25, 0.3) is 0 Å². The van der Waals surface area contributed by atoms with E-state index in [4.69, 9.17) is 11.6 Å². The van der Waals surface area contributed by atoms with Gasteiger partial charge in [0.2, 0.25) is 5.28 Å². The van der Waals surface area contributed by atoms with Crippen LogP contribution >= 0.6 is 23.4 Å². The van der Waals surface area contributed by atoms with Crippen LogP contribution in [0.4, 0.5) is 5.82 Å². The van der Waals surface area contributed by atoms with E-state index in [2.05, 4.69) is 15.3 Å². The van der Waals surface area contributed by atoms with Crippen molar-refractivity contribution >= 4 is 29.2 Å². The van der Waals surface area contributed by atoms with Gasteiger partial charge in [-0.3, -0.25) is 0 Å². The fourth-order valence-electron chi connectivity index (χ4n) is 2.30. The lowest BCUT2D eigenvalue weighted by molar-refractivity contribution is 0.143. The fraction of sp³-hybridized carbons (Fsp3) is 0.636. The van der Waals surface area contributed by atoms with Crippen LogP contribution in [0.1, 0.15) is 25.0 Å². The summed E-state index contributed by atoms with van der Waals surface area (Å²) < 4.78 is 0. The quantitative estimate of drug-likeness (QED) is 0.825. The molecule has 6 heteroatoms. The van der Waals surface area contributed by atoms with Crippen LogP contribution < -0.4 is 5.32 Å². The third-order valence-electron chi connectivity index (χ3n) is 3.49. The van der Waals surface area contributed by atoms with E-state index in [0.717, 1.165) is 47.8 Å². The number of rotatable bonds is 3. The lowest BCUT2D eigenvalue weighted by Gasteiger charge is -2.41. The number of hydrogen-bond donors (Lipinski definition) is 2. The van der Waals surface area contributed by atoms with Crippen LogP contribution in [0.2, 0.25) is 5.28 Å². The van der Waals surface area contributed by atoms with Gasteiger partial charge in [-0.15, -0.1) is 11.8 Å². The first-order chi connectivity index (χ1) is 8.22. The predicted molar refractivity (Wildman–Crippen MR) is 68.8 cm³/mol. The van der Waals surface area contributed by atoms with Gasteiger partial charge in [0, 0.05) is 12.2 Å². The summed E-state index contributed by atoms with van der Waals surface area (Å²) in [6.07, 6.45) is 4.08. The van der Waals surface area contributed by atoms with Gasteiger partial charge in [-0.05, 0) is 30.9 Å². The molecular formula is C11H14ClN3OS. The summed E-state index contributed by atoms with van der Waals surface area (Å²) in [6.45, 7) is 0.147. The van der Waals surface area contributed by atoms with Crippen molar-refractivity contribution in [3.63, 3.8) is 0 Å². The number of aryl methyl sites for hydroxylation is 1. The second-order valence-corrected chi connectivity index (χ2v) is 6.08. The van der Waals surface area contributed by atoms with Crippen molar-refractivity contribution in [2.75, 3.05) is 17.7 Å². The molecule has 3 rings (SSSR count). The Morgan fingerprint density at radius 1 is 1.41 bits per heavy atom. The number of fused-ring (bicyclic) bond motifs is 1. The summed E-state index contributed by atoms with van der Waals surface area (Å²) in [5, 5.41) is 13.1. The van der Waals surface area contributed by atoms with E-state index in [9.17, 15) is 5.11 Å². The Kier molecular flexibility index (Phi) is 2.92. The maximum absolute atomic E-state index is 9.47. The number of halogens is 1. The average Bonchev–Trinajstić information content (AvgIpc) is 2.71. The molecule has 1 aliphatic carbocycles. The van der Waals surface area contributed by atoms with Crippen LogP contribution in [-0.4, -0.2) is 33.0 Å². The minimum Gasteiger partial charge on any atom is -0.394 e. The molecule has 0 radical (unpaired) electrons. The normalized spacial score (nSPS) is 20.8. The molecule has 1 fully saturated rings. The number of aliphatic hydroxyl groups excluding tert-OH is 1. The Balaban J connectivity index is 1.92. The molecule has 2 heterocycles. The minimum atomic E-state index is -0.186. The smallest absolute Gasteiger partial charge is 0.224 e. The molecule has 2 aliphatic rings. The number of aliphatic hydroxyl groups is 1. The SMILES string of the molecule is OCC1(Nc2nc(Cl)nc3c2SCC3)CCC1. The van der Waals surface area contributed by atoms with E-state index >= 15 is 0 Å².